The van der Waals surface area contributed by atoms with Crippen molar-refractivity contribution in [1.82, 2.24) is 5.32 Å². The third kappa shape index (κ3) is 40.0. The molecule has 4 atom stereocenters. The number of allylic oxidation sites excluding steroid dienone is 4. The number of rotatable bonds is 46. The Morgan fingerprint density at radius 2 is 0.737 bits per heavy atom. The first kappa shape index (κ1) is 55.8. The van der Waals surface area contributed by atoms with Crippen molar-refractivity contribution in [3.05, 3.63) is 24.3 Å². The SMILES string of the molecule is CCCCCCCCCCCCCCCCCCCCCCC/C=C/CC/C=C/CCCC(O)C(O)C(CO)NC(=O)C(O)CCCCCCCCCCCCC. The first-order valence-electron chi connectivity index (χ1n) is 25.2. The van der Waals surface area contributed by atoms with Gasteiger partial charge in [0.25, 0.3) is 0 Å². The maximum absolute atomic E-state index is 12.5. The van der Waals surface area contributed by atoms with Crippen LogP contribution < -0.4 is 5.32 Å². The Balaban J connectivity index is 3.64. The van der Waals surface area contributed by atoms with Crippen molar-refractivity contribution in [3.63, 3.8) is 0 Å². The molecular weight excluding hydrogens is 707 g/mol. The van der Waals surface area contributed by atoms with Gasteiger partial charge in [0.2, 0.25) is 5.91 Å². The highest BCUT2D eigenvalue weighted by atomic mass is 16.3. The van der Waals surface area contributed by atoms with Crippen LogP contribution in [0.25, 0.3) is 0 Å². The minimum absolute atomic E-state index is 0.363. The molecule has 0 saturated heterocycles. The lowest BCUT2D eigenvalue weighted by Crippen LogP contribution is -2.53. The molecule has 0 aliphatic rings. The van der Waals surface area contributed by atoms with Gasteiger partial charge in [-0.25, -0.2) is 0 Å². The zero-order chi connectivity index (χ0) is 41.7. The van der Waals surface area contributed by atoms with Gasteiger partial charge in [0.1, 0.15) is 12.2 Å². The molecule has 0 aromatic heterocycles. The Bertz CT molecular complexity index is 863. The van der Waals surface area contributed by atoms with E-state index in [-0.39, 0.29) is 0 Å². The fraction of sp³-hybridized carbons (Fsp3) is 0.902. The second-order valence-electron chi connectivity index (χ2n) is 17.5. The molecule has 57 heavy (non-hydrogen) atoms. The van der Waals surface area contributed by atoms with E-state index >= 15 is 0 Å². The molecule has 0 saturated carbocycles. The van der Waals surface area contributed by atoms with Gasteiger partial charge in [0.15, 0.2) is 0 Å². The van der Waals surface area contributed by atoms with E-state index in [2.05, 4.69) is 43.5 Å². The van der Waals surface area contributed by atoms with Gasteiger partial charge in [0.05, 0.1) is 18.8 Å². The number of carbonyl (C=O) groups is 1. The van der Waals surface area contributed by atoms with Gasteiger partial charge < -0.3 is 25.7 Å². The molecular formula is C51H99NO5. The topological polar surface area (TPSA) is 110 Å². The lowest BCUT2D eigenvalue weighted by molar-refractivity contribution is -0.132. The van der Waals surface area contributed by atoms with E-state index in [0.717, 1.165) is 38.5 Å². The first-order chi connectivity index (χ1) is 28.0. The van der Waals surface area contributed by atoms with Crippen molar-refractivity contribution in [3.8, 4) is 0 Å². The number of hydrogen-bond acceptors (Lipinski definition) is 5. The Labute approximate surface area is 354 Å². The minimum atomic E-state index is -1.29. The summed E-state index contributed by atoms with van der Waals surface area (Å²) < 4.78 is 0. The second-order valence-corrected chi connectivity index (χ2v) is 17.5. The summed E-state index contributed by atoms with van der Waals surface area (Å²) in [7, 11) is 0. The molecule has 0 radical (unpaired) electrons. The van der Waals surface area contributed by atoms with Crippen LogP contribution in [0.2, 0.25) is 0 Å². The van der Waals surface area contributed by atoms with Crippen LogP contribution in [0.1, 0.15) is 264 Å². The van der Waals surface area contributed by atoms with Crippen molar-refractivity contribution in [2.75, 3.05) is 6.61 Å². The summed E-state index contributed by atoms with van der Waals surface area (Å²) in [4.78, 5) is 12.5. The summed E-state index contributed by atoms with van der Waals surface area (Å²) >= 11 is 0. The highest BCUT2D eigenvalue weighted by Gasteiger charge is 2.28. The van der Waals surface area contributed by atoms with E-state index in [9.17, 15) is 25.2 Å². The summed E-state index contributed by atoms with van der Waals surface area (Å²) in [5.74, 6) is -0.597. The maximum Gasteiger partial charge on any atom is 0.249 e. The summed E-state index contributed by atoms with van der Waals surface area (Å²) in [5, 5.41) is 43.6. The average molecular weight is 806 g/mol. The monoisotopic (exact) mass is 806 g/mol. The number of aliphatic hydroxyl groups excluding tert-OH is 4. The molecule has 0 aliphatic heterocycles. The smallest absolute Gasteiger partial charge is 0.249 e. The van der Waals surface area contributed by atoms with Crippen molar-refractivity contribution >= 4 is 5.91 Å². The van der Waals surface area contributed by atoms with Gasteiger partial charge in [0, 0.05) is 0 Å². The van der Waals surface area contributed by atoms with Crippen molar-refractivity contribution < 1.29 is 25.2 Å². The van der Waals surface area contributed by atoms with Gasteiger partial charge in [-0.05, 0) is 51.4 Å². The summed E-state index contributed by atoms with van der Waals surface area (Å²) in [6.07, 6.45) is 54.0. The maximum atomic E-state index is 12.5. The van der Waals surface area contributed by atoms with Crippen LogP contribution in [-0.4, -0.2) is 57.3 Å². The van der Waals surface area contributed by atoms with Crippen LogP contribution in [0.5, 0.6) is 0 Å². The van der Waals surface area contributed by atoms with E-state index < -0.39 is 36.9 Å². The van der Waals surface area contributed by atoms with E-state index in [4.69, 9.17) is 0 Å². The van der Waals surface area contributed by atoms with Crippen LogP contribution in [-0.2, 0) is 4.79 Å². The highest BCUT2D eigenvalue weighted by Crippen LogP contribution is 2.17. The standard InChI is InChI=1S/C51H99NO5/c1-3-5-7-9-11-13-15-16-17-18-19-20-21-22-23-24-25-26-27-28-29-30-31-32-33-35-36-38-40-42-44-48(54)50(56)47(46-53)52-51(57)49(55)45-43-41-39-37-34-14-12-10-8-6-4-2/h31-32,36,38,47-50,53-56H,3-30,33-35,37,39-46H2,1-2H3,(H,52,57)/b32-31+,38-36+. The lowest BCUT2D eigenvalue weighted by Gasteiger charge is -2.27. The molecule has 338 valence electrons. The number of hydrogen-bond donors (Lipinski definition) is 5. The van der Waals surface area contributed by atoms with Crippen LogP contribution in [0.4, 0.5) is 0 Å². The molecule has 0 aliphatic carbocycles. The molecule has 6 nitrogen and oxygen atoms in total. The summed E-state index contributed by atoms with van der Waals surface area (Å²) in [5.41, 5.74) is 0. The number of amides is 1. The van der Waals surface area contributed by atoms with E-state index in [1.54, 1.807) is 0 Å². The number of unbranched alkanes of at least 4 members (excludes halogenated alkanes) is 33. The van der Waals surface area contributed by atoms with Crippen LogP contribution >= 0.6 is 0 Å². The van der Waals surface area contributed by atoms with Gasteiger partial charge in [-0.15, -0.1) is 0 Å². The molecule has 0 bridgehead atoms. The molecule has 0 spiro atoms. The predicted octanol–water partition coefficient (Wildman–Crippen LogP) is 13.9. The fourth-order valence-electron chi connectivity index (χ4n) is 7.89. The molecule has 0 rings (SSSR count). The zero-order valence-electron chi connectivity index (χ0n) is 38.1. The molecule has 0 heterocycles. The Morgan fingerprint density at radius 1 is 0.421 bits per heavy atom. The minimum Gasteiger partial charge on any atom is -0.394 e. The molecule has 1 amide bonds. The third-order valence-electron chi connectivity index (χ3n) is 11.9. The molecule has 6 heteroatoms. The quantitative estimate of drug-likeness (QED) is 0.0311. The number of carbonyl (C=O) groups excluding carboxylic acids is 1. The first-order valence-corrected chi connectivity index (χ1v) is 25.2. The summed E-state index contributed by atoms with van der Waals surface area (Å²) in [6.45, 7) is 4.04. The molecule has 0 fully saturated rings. The molecule has 0 aromatic rings. The van der Waals surface area contributed by atoms with Gasteiger partial charge in [-0.1, -0.05) is 237 Å². The Hall–Kier alpha value is -1.21. The van der Waals surface area contributed by atoms with E-state index in [0.29, 0.717) is 19.3 Å². The average Bonchev–Trinajstić information content (AvgIpc) is 3.22. The highest BCUT2D eigenvalue weighted by molar-refractivity contribution is 5.80. The van der Waals surface area contributed by atoms with Crippen molar-refractivity contribution in [2.24, 2.45) is 0 Å². The Morgan fingerprint density at radius 3 is 1.11 bits per heavy atom. The van der Waals surface area contributed by atoms with Crippen molar-refractivity contribution in [2.45, 2.75) is 289 Å². The van der Waals surface area contributed by atoms with E-state index in [1.807, 2.05) is 0 Å². The lowest BCUT2D eigenvalue weighted by atomic mass is 10.00. The van der Waals surface area contributed by atoms with Crippen molar-refractivity contribution in [1.29, 1.82) is 0 Å². The Kier molecular flexibility index (Phi) is 44.9. The van der Waals surface area contributed by atoms with Crippen LogP contribution in [0, 0.1) is 0 Å². The molecule has 5 N–H and O–H groups in total. The number of aliphatic hydroxyl groups is 4. The van der Waals surface area contributed by atoms with E-state index in [1.165, 1.54) is 193 Å². The number of nitrogens with one attached hydrogen (secondary N) is 1. The molecule has 4 unspecified atom stereocenters. The third-order valence-corrected chi connectivity index (χ3v) is 11.9. The van der Waals surface area contributed by atoms with Gasteiger partial charge in [-0.3, -0.25) is 4.79 Å². The second kappa shape index (κ2) is 45.9. The van der Waals surface area contributed by atoms with Gasteiger partial charge >= 0.3 is 0 Å². The van der Waals surface area contributed by atoms with Crippen LogP contribution in [0.3, 0.4) is 0 Å². The normalized spacial score (nSPS) is 14.1. The predicted molar refractivity (Wildman–Crippen MR) is 247 cm³/mol. The largest absolute Gasteiger partial charge is 0.394 e. The zero-order valence-corrected chi connectivity index (χ0v) is 38.1. The fourth-order valence-corrected chi connectivity index (χ4v) is 7.89. The molecule has 0 aromatic carbocycles. The van der Waals surface area contributed by atoms with Crippen LogP contribution in [0.15, 0.2) is 24.3 Å². The summed E-state index contributed by atoms with van der Waals surface area (Å²) in [6, 6.07) is -1.00. The van der Waals surface area contributed by atoms with Gasteiger partial charge in [-0.2, -0.15) is 0 Å².